The lowest BCUT2D eigenvalue weighted by Crippen LogP contribution is -2.38. The molecule has 0 radical (unpaired) electrons. The summed E-state index contributed by atoms with van der Waals surface area (Å²) in [7, 11) is 3.23. The molecule has 2 rings (SSSR count). The van der Waals surface area contributed by atoms with Crippen LogP contribution >= 0.6 is 0 Å². The summed E-state index contributed by atoms with van der Waals surface area (Å²) in [6.45, 7) is 0.404. The number of methoxy groups -OCH3 is 2. The van der Waals surface area contributed by atoms with E-state index in [1.54, 1.807) is 14.2 Å². The fourth-order valence-electron chi connectivity index (χ4n) is 3.19. The van der Waals surface area contributed by atoms with Gasteiger partial charge in [-0.25, -0.2) is 0 Å². The molecule has 0 aromatic heterocycles. The molecule has 0 atom stereocenters. The Hall–Kier alpha value is -1.55. The fourth-order valence-corrected chi connectivity index (χ4v) is 3.19. The zero-order chi connectivity index (χ0) is 14.6. The predicted octanol–water partition coefficient (Wildman–Crippen LogP) is 3.13. The predicted molar refractivity (Wildman–Crippen MR) is 76.1 cm³/mol. The first-order valence-corrected chi connectivity index (χ1v) is 7.04. The molecule has 0 bridgehead atoms. The number of carboxylic acids is 1. The third-order valence-electron chi connectivity index (χ3n) is 4.24. The average Bonchev–Trinajstić information content (AvgIpc) is 2.48. The van der Waals surface area contributed by atoms with Gasteiger partial charge in [0.15, 0.2) is 0 Å². The number of benzene rings is 1. The van der Waals surface area contributed by atoms with Gasteiger partial charge in [0, 0.05) is 7.11 Å². The molecular weight excluding hydrogens is 256 g/mol. The van der Waals surface area contributed by atoms with Crippen LogP contribution in [0.25, 0.3) is 0 Å². The minimum absolute atomic E-state index is 0.404. The summed E-state index contributed by atoms with van der Waals surface area (Å²) in [5.74, 6) is 0.0110. The summed E-state index contributed by atoms with van der Waals surface area (Å²) in [5.41, 5.74) is 1.03. The maximum atomic E-state index is 11.9. The molecule has 110 valence electrons. The molecule has 4 heteroatoms. The Labute approximate surface area is 119 Å². The third-order valence-corrected chi connectivity index (χ3v) is 4.24. The van der Waals surface area contributed by atoms with E-state index in [0.717, 1.165) is 36.1 Å². The van der Waals surface area contributed by atoms with E-state index in [-0.39, 0.29) is 0 Å². The van der Waals surface area contributed by atoms with Crippen LogP contribution in [0.2, 0.25) is 0 Å². The standard InChI is InChI=1S/C16H22O4/c1-19-11-12-10-13(20-2)6-7-14(12)16(15(17)18)8-4-3-5-9-16/h6-7,10H,3-5,8-9,11H2,1-2H3,(H,17,18). The molecule has 1 aliphatic rings. The minimum Gasteiger partial charge on any atom is -0.497 e. The van der Waals surface area contributed by atoms with Crippen LogP contribution in [0.3, 0.4) is 0 Å². The van der Waals surface area contributed by atoms with Gasteiger partial charge in [0.25, 0.3) is 0 Å². The van der Waals surface area contributed by atoms with Crippen LogP contribution in [0.15, 0.2) is 18.2 Å². The van der Waals surface area contributed by atoms with Crippen molar-refractivity contribution in [2.75, 3.05) is 14.2 Å². The van der Waals surface area contributed by atoms with Gasteiger partial charge >= 0.3 is 5.97 Å². The molecule has 0 aliphatic heterocycles. The maximum Gasteiger partial charge on any atom is 0.314 e. The van der Waals surface area contributed by atoms with Crippen molar-refractivity contribution < 1.29 is 19.4 Å². The molecule has 0 unspecified atom stereocenters. The Bertz CT molecular complexity index is 475. The molecule has 20 heavy (non-hydrogen) atoms. The monoisotopic (exact) mass is 278 g/mol. The first-order chi connectivity index (χ1) is 9.64. The molecule has 0 heterocycles. The van der Waals surface area contributed by atoms with Gasteiger partial charge < -0.3 is 14.6 Å². The quantitative estimate of drug-likeness (QED) is 0.899. The van der Waals surface area contributed by atoms with Gasteiger partial charge in [0.2, 0.25) is 0 Å². The summed E-state index contributed by atoms with van der Waals surface area (Å²) >= 11 is 0. The smallest absolute Gasteiger partial charge is 0.314 e. The molecule has 4 nitrogen and oxygen atoms in total. The molecular formula is C16H22O4. The second-order valence-corrected chi connectivity index (χ2v) is 5.40. The minimum atomic E-state index is -0.765. The summed E-state index contributed by atoms with van der Waals surface area (Å²) < 4.78 is 10.5. The van der Waals surface area contributed by atoms with Crippen LogP contribution in [0.1, 0.15) is 43.2 Å². The molecule has 1 aromatic rings. The molecule has 0 spiro atoms. The van der Waals surface area contributed by atoms with Crippen molar-refractivity contribution in [3.8, 4) is 5.75 Å². The zero-order valence-corrected chi connectivity index (χ0v) is 12.1. The summed E-state index contributed by atoms with van der Waals surface area (Å²) in [6.07, 6.45) is 4.44. The number of hydrogen-bond donors (Lipinski definition) is 1. The van der Waals surface area contributed by atoms with E-state index in [1.807, 2.05) is 18.2 Å². The highest BCUT2D eigenvalue weighted by atomic mass is 16.5. The van der Waals surface area contributed by atoms with E-state index in [4.69, 9.17) is 9.47 Å². The van der Waals surface area contributed by atoms with Gasteiger partial charge in [-0.2, -0.15) is 0 Å². The lowest BCUT2D eigenvalue weighted by Gasteiger charge is -2.35. The molecule has 0 saturated heterocycles. The highest BCUT2D eigenvalue weighted by Crippen LogP contribution is 2.42. The average molecular weight is 278 g/mol. The van der Waals surface area contributed by atoms with Crippen molar-refractivity contribution in [2.45, 2.75) is 44.1 Å². The van der Waals surface area contributed by atoms with Crippen LogP contribution < -0.4 is 4.74 Å². The Kier molecular flexibility index (Phi) is 4.65. The SMILES string of the molecule is COCc1cc(OC)ccc1C1(C(=O)O)CCCCC1. The topological polar surface area (TPSA) is 55.8 Å². The van der Waals surface area contributed by atoms with Crippen molar-refractivity contribution in [3.05, 3.63) is 29.3 Å². The lowest BCUT2D eigenvalue weighted by molar-refractivity contribution is -0.145. The summed E-state index contributed by atoms with van der Waals surface area (Å²) in [4.78, 5) is 11.9. The van der Waals surface area contributed by atoms with Gasteiger partial charge in [0.05, 0.1) is 19.1 Å². The molecule has 1 fully saturated rings. The second-order valence-electron chi connectivity index (χ2n) is 5.40. The largest absolute Gasteiger partial charge is 0.497 e. The highest BCUT2D eigenvalue weighted by molar-refractivity contribution is 5.82. The van der Waals surface area contributed by atoms with E-state index in [1.165, 1.54) is 0 Å². The van der Waals surface area contributed by atoms with Gasteiger partial charge in [-0.05, 0) is 36.1 Å². The Morgan fingerprint density at radius 3 is 2.50 bits per heavy atom. The Morgan fingerprint density at radius 2 is 1.95 bits per heavy atom. The van der Waals surface area contributed by atoms with Crippen LogP contribution in [0, 0.1) is 0 Å². The Balaban J connectivity index is 2.49. The van der Waals surface area contributed by atoms with E-state index in [2.05, 4.69) is 0 Å². The van der Waals surface area contributed by atoms with Gasteiger partial charge in [-0.1, -0.05) is 25.3 Å². The fraction of sp³-hybridized carbons (Fsp3) is 0.562. The number of carboxylic acid groups (broad SMARTS) is 1. The van der Waals surface area contributed by atoms with Crippen molar-refractivity contribution in [2.24, 2.45) is 0 Å². The maximum absolute atomic E-state index is 11.9. The van der Waals surface area contributed by atoms with E-state index >= 15 is 0 Å². The summed E-state index contributed by atoms with van der Waals surface area (Å²) in [5, 5.41) is 9.79. The van der Waals surface area contributed by atoms with E-state index in [0.29, 0.717) is 19.4 Å². The number of ether oxygens (including phenoxy) is 2. The highest BCUT2D eigenvalue weighted by Gasteiger charge is 2.42. The van der Waals surface area contributed by atoms with Gasteiger partial charge in [-0.15, -0.1) is 0 Å². The van der Waals surface area contributed by atoms with Crippen LogP contribution in [0.5, 0.6) is 5.75 Å². The first kappa shape index (κ1) is 14.9. The van der Waals surface area contributed by atoms with Crippen molar-refractivity contribution in [1.82, 2.24) is 0 Å². The first-order valence-electron chi connectivity index (χ1n) is 7.04. The van der Waals surface area contributed by atoms with Crippen LogP contribution in [-0.4, -0.2) is 25.3 Å². The Morgan fingerprint density at radius 1 is 1.25 bits per heavy atom. The van der Waals surface area contributed by atoms with Crippen molar-refractivity contribution >= 4 is 5.97 Å². The number of hydrogen-bond acceptors (Lipinski definition) is 3. The van der Waals surface area contributed by atoms with Crippen molar-refractivity contribution in [1.29, 1.82) is 0 Å². The number of aliphatic carboxylic acids is 1. The van der Waals surface area contributed by atoms with Crippen LogP contribution in [0.4, 0.5) is 0 Å². The number of carbonyl (C=O) groups is 1. The molecule has 1 saturated carbocycles. The second kappa shape index (κ2) is 6.27. The molecule has 0 amide bonds. The summed E-state index contributed by atoms with van der Waals surface area (Å²) in [6, 6.07) is 5.62. The molecule has 1 aromatic carbocycles. The van der Waals surface area contributed by atoms with E-state index < -0.39 is 11.4 Å². The lowest BCUT2D eigenvalue weighted by atomic mass is 9.68. The zero-order valence-electron chi connectivity index (χ0n) is 12.1. The van der Waals surface area contributed by atoms with Crippen molar-refractivity contribution in [3.63, 3.8) is 0 Å². The number of rotatable bonds is 5. The molecule has 1 N–H and O–H groups in total. The molecule has 1 aliphatic carbocycles. The van der Waals surface area contributed by atoms with Gasteiger partial charge in [0.1, 0.15) is 5.75 Å². The van der Waals surface area contributed by atoms with Gasteiger partial charge in [-0.3, -0.25) is 4.79 Å². The third kappa shape index (κ3) is 2.66. The van der Waals surface area contributed by atoms with E-state index in [9.17, 15) is 9.90 Å². The normalized spacial score (nSPS) is 17.7. The van der Waals surface area contributed by atoms with Crippen LogP contribution in [-0.2, 0) is 21.6 Å².